The molecular formula is C13H14F3NOS. The minimum atomic E-state index is -1.55. The molecular weight excluding hydrogens is 275 g/mol. The highest BCUT2D eigenvalue weighted by Crippen LogP contribution is 2.26. The molecule has 0 aromatic heterocycles. The number of benzene rings is 1. The lowest BCUT2D eigenvalue weighted by atomic mass is 10.1. The summed E-state index contributed by atoms with van der Waals surface area (Å²) in [6.45, 7) is 5.03. The summed E-state index contributed by atoms with van der Waals surface area (Å²) in [5.41, 5.74) is -0.150. The Bertz CT molecular complexity index is 476. The van der Waals surface area contributed by atoms with Crippen LogP contribution in [0.4, 0.5) is 13.2 Å². The summed E-state index contributed by atoms with van der Waals surface area (Å²) in [5, 5.41) is 0.533. The maximum atomic E-state index is 13.1. The van der Waals surface area contributed by atoms with Crippen molar-refractivity contribution in [3.8, 4) is 0 Å². The minimum absolute atomic E-state index is 0.150. The van der Waals surface area contributed by atoms with Crippen molar-refractivity contribution in [3.05, 3.63) is 35.1 Å². The number of halogens is 3. The maximum absolute atomic E-state index is 13.1. The van der Waals surface area contributed by atoms with Crippen LogP contribution in [0.15, 0.2) is 12.1 Å². The first kappa shape index (κ1) is 14.2. The van der Waals surface area contributed by atoms with E-state index in [1.165, 1.54) is 0 Å². The Balaban J connectivity index is 2.24. The van der Waals surface area contributed by atoms with Gasteiger partial charge in [-0.1, -0.05) is 13.8 Å². The van der Waals surface area contributed by atoms with Gasteiger partial charge in [0.1, 0.15) is 0 Å². The summed E-state index contributed by atoms with van der Waals surface area (Å²) in [6.07, 6.45) is 0. The summed E-state index contributed by atoms with van der Waals surface area (Å²) in [6, 6.07) is 1.50. The smallest absolute Gasteiger partial charge is 0.254 e. The molecule has 2 atom stereocenters. The van der Waals surface area contributed by atoms with Crippen LogP contribution in [-0.4, -0.2) is 34.4 Å². The maximum Gasteiger partial charge on any atom is 0.254 e. The topological polar surface area (TPSA) is 20.3 Å². The van der Waals surface area contributed by atoms with E-state index in [0.717, 1.165) is 12.1 Å². The zero-order chi connectivity index (χ0) is 14.2. The number of rotatable bonds is 1. The third-order valence-corrected chi connectivity index (χ3v) is 4.16. The molecule has 0 bridgehead atoms. The number of amides is 1. The van der Waals surface area contributed by atoms with Crippen molar-refractivity contribution in [1.29, 1.82) is 0 Å². The van der Waals surface area contributed by atoms with E-state index in [-0.39, 0.29) is 16.1 Å². The largest absolute Gasteiger partial charge is 0.336 e. The highest BCUT2D eigenvalue weighted by molar-refractivity contribution is 8.00. The average Bonchev–Trinajstić information content (AvgIpc) is 2.33. The SMILES string of the molecule is CC1CN(C(=O)c2cc(F)c(F)c(F)c2)CC(C)S1. The second-order valence-corrected chi connectivity index (χ2v) is 6.60. The summed E-state index contributed by atoms with van der Waals surface area (Å²) < 4.78 is 39.1. The van der Waals surface area contributed by atoms with Crippen LogP contribution in [0.2, 0.25) is 0 Å². The van der Waals surface area contributed by atoms with Crippen molar-refractivity contribution in [1.82, 2.24) is 4.90 Å². The number of hydrogen-bond acceptors (Lipinski definition) is 2. The fraction of sp³-hybridized carbons (Fsp3) is 0.462. The number of carbonyl (C=O) groups is 1. The molecule has 6 heteroatoms. The van der Waals surface area contributed by atoms with Crippen LogP contribution in [-0.2, 0) is 0 Å². The third kappa shape index (κ3) is 3.05. The quantitative estimate of drug-likeness (QED) is 0.741. The molecule has 0 spiro atoms. The number of thioether (sulfide) groups is 1. The van der Waals surface area contributed by atoms with Crippen LogP contribution in [0, 0.1) is 17.5 Å². The van der Waals surface area contributed by atoms with Crippen LogP contribution in [0.3, 0.4) is 0 Å². The molecule has 1 aromatic rings. The Kier molecular flexibility index (Phi) is 4.08. The Morgan fingerprint density at radius 3 is 2.11 bits per heavy atom. The Morgan fingerprint density at radius 1 is 1.16 bits per heavy atom. The standard InChI is InChI=1S/C13H14F3NOS/c1-7-5-17(6-8(2)19-7)13(18)9-3-10(14)12(16)11(15)4-9/h3-4,7-8H,5-6H2,1-2H3. The van der Waals surface area contributed by atoms with Gasteiger partial charge in [0.2, 0.25) is 0 Å². The van der Waals surface area contributed by atoms with Gasteiger partial charge in [-0.25, -0.2) is 13.2 Å². The van der Waals surface area contributed by atoms with Gasteiger partial charge in [-0.05, 0) is 12.1 Å². The predicted molar refractivity (Wildman–Crippen MR) is 68.7 cm³/mol. The van der Waals surface area contributed by atoms with E-state index in [0.29, 0.717) is 13.1 Å². The normalized spacial score (nSPS) is 23.5. The molecule has 1 heterocycles. The molecule has 1 aromatic carbocycles. The van der Waals surface area contributed by atoms with Gasteiger partial charge < -0.3 is 4.90 Å². The molecule has 1 saturated heterocycles. The van der Waals surface area contributed by atoms with Crippen LogP contribution in [0.25, 0.3) is 0 Å². The zero-order valence-corrected chi connectivity index (χ0v) is 11.4. The highest BCUT2D eigenvalue weighted by atomic mass is 32.2. The number of nitrogens with zero attached hydrogens (tertiary/aromatic N) is 1. The van der Waals surface area contributed by atoms with Gasteiger partial charge in [0.25, 0.3) is 5.91 Å². The van der Waals surface area contributed by atoms with Gasteiger partial charge in [-0.15, -0.1) is 0 Å². The minimum Gasteiger partial charge on any atom is -0.336 e. The van der Waals surface area contributed by atoms with Crippen molar-refractivity contribution in [3.63, 3.8) is 0 Å². The Morgan fingerprint density at radius 2 is 1.63 bits per heavy atom. The van der Waals surface area contributed by atoms with Crippen molar-refractivity contribution in [2.45, 2.75) is 24.3 Å². The lowest BCUT2D eigenvalue weighted by molar-refractivity contribution is 0.0752. The van der Waals surface area contributed by atoms with Gasteiger partial charge in [0.15, 0.2) is 17.5 Å². The fourth-order valence-corrected chi connectivity index (χ4v) is 3.53. The van der Waals surface area contributed by atoms with E-state index in [1.807, 2.05) is 13.8 Å². The van der Waals surface area contributed by atoms with E-state index in [4.69, 9.17) is 0 Å². The van der Waals surface area contributed by atoms with E-state index in [1.54, 1.807) is 16.7 Å². The first-order valence-corrected chi connectivity index (χ1v) is 6.92. The van der Waals surface area contributed by atoms with Crippen LogP contribution in [0.1, 0.15) is 24.2 Å². The molecule has 1 aliphatic heterocycles. The molecule has 104 valence electrons. The Labute approximate surface area is 114 Å². The molecule has 0 radical (unpaired) electrons. The third-order valence-electron chi connectivity index (χ3n) is 2.94. The van der Waals surface area contributed by atoms with Crippen molar-refractivity contribution in [2.75, 3.05) is 13.1 Å². The zero-order valence-electron chi connectivity index (χ0n) is 10.6. The molecule has 0 N–H and O–H groups in total. The van der Waals surface area contributed by atoms with E-state index in [2.05, 4.69) is 0 Å². The Hall–Kier alpha value is -1.17. The van der Waals surface area contributed by atoms with Crippen LogP contribution < -0.4 is 0 Å². The predicted octanol–water partition coefficient (Wildman–Crippen LogP) is 3.07. The monoisotopic (exact) mass is 289 g/mol. The summed E-state index contributed by atoms with van der Waals surface area (Å²) in [7, 11) is 0. The second kappa shape index (κ2) is 5.45. The number of hydrogen-bond donors (Lipinski definition) is 0. The van der Waals surface area contributed by atoms with Crippen molar-refractivity contribution >= 4 is 17.7 Å². The van der Waals surface area contributed by atoms with E-state index >= 15 is 0 Å². The number of carbonyl (C=O) groups excluding carboxylic acids is 1. The van der Waals surface area contributed by atoms with Crippen molar-refractivity contribution < 1.29 is 18.0 Å². The highest BCUT2D eigenvalue weighted by Gasteiger charge is 2.27. The van der Waals surface area contributed by atoms with Gasteiger partial charge in [-0.2, -0.15) is 11.8 Å². The first-order chi connectivity index (χ1) is 8.88. The molecule has 2 rings (SSSR count). The fourth-order valence-electron chi connectivity index (χ4n) is 2.21. The molecule has 2 nitrogen and oxygen atoms in total. The molecule has 1 aliphatic rings. The molecule has 0 saturated carbocycles. The van der Waals surface area contributed by atoms with Gasteiger partial charge in [0, 0.05) is 29.2 Å². The average molecular weight is 289 g/mol. The van der Waals surface area contributed by atoms with Gasteiger partial charge >= 0.3 is 0 Å². The van der Waals surface area contributed by atoms with Crippen LogP contribution >= 0.6 is 11.8 Å². The van der Waals surface area contributed by atoms with Gasteiger partial charge in [0.05, 0.1) is 0 Å². The summed E-state index contributed by atoms with van der Waals surface area (Å²) in [5.74, 6) is -4.68. The second-order valence-electron chi connectivity index (χ2n) is 4.72. The van der Waals surface area contributed by atoms with Crippen molar-refractivity contribution in [2.24, 2.45) is 0 Å². The molecule has 2 unspecified atom stereocenters. The first-order valence-electron chi connectivity index (χ1n) is 5.97. The van der Waals surface area contributed by atoms with Crippen LogP contribution in [0.5, 0.6) is 0 Å². The molecule has 1 fully saturated rings. The summed E-state index contributed by atoms with van der Waals surface area (Å²) >= 11 is 1.76. The lowest BCUT2D eigenvalue weighted by Gasteiger charge is -2.34. The summed E-state index contributed by atoms with van der Waals surface area (Å²) in [4.78, 5) is 13.7. The lowest BCUT2D eigenvalue weighted by Crippen LogP contribution is -2.44. The molecule has 19 heavy (non-hydrogen) atoms. The van der Waals surface area contributed by atoms with E-state index in [9.17, 15) is 18.0 Å². The van der Waals surface area contributed by atoms with Gasteiger partial charge in [-0.3, -0.25) is 4.79 Å². The molecule has 0 aliphatic carbocycles. The van der Waals surface area contributed by atoms with E-state index < -0.39 is 23.4 Å². The molecule has 1 amide bonds.